The van der Waals surface area contributed by atoms with E-state index in [-0.39, 0.29) is 0 Å². The Kier molecular flexibility index (Phi) is 3.01. The van der Waals surface area contributed by atoms with Crippen molar-refractivity contribution in [2.75, 3.05) is 12.4 Å². The van der Waals surface area contributed by atoms with Crippen LogP contribution < -0.4 is 5.32 Å². The molecule has 2 aromatic heterocycles. The van der Waals surface area contributed by atoms with Crippen LogP contribution in [0.1, 0.15) is 5.56 Å². The molecule has 5 heteroatoms. The van der Waals surface area contributed by atoms with Gasteiger partial charge in [0.2, 0.25) is 5.95 Å². The van der Waals surface area contributed by atoms with Gasteiger partial charge < -0.3 is 5.32 Å². The molecule has 0 spiro atoms. The molecule has 2 heterocycles. The average Bonchev–Trinajstić information content (AvgIpc) is 2.95. The van der Waals surface area contributed by atoms with E-state index in [1.54, 1.807) is 0 Å². The van der Waals surface area contributed by atoms with Gasteiger partial charge in [-0.25, -0.2) is 9.97 Å². The van der Waals surface area contributed by atoms with E-state index in [0.29, 0.717) is 5.95 Å². The van der Waals surface area contributed by atoms with Crippen LogP contribution in [0.4, 0.5) is 5.95 Å². The van der Waals surface area contributed by atoms with E-state index in [2.05, 4.69) is 51.6 Å². The number of fused-ring (bicyclic) bond motifs is 2. The molecule has 114 valence electrons. The van der Waals surface area contributed by atoms with Crippen molar-refractivity contribution < 1.29 is 0 Å². The minimum atomic E-state index is 0.634. The van der Waals surface area contributed by atoms with Crippen LogP contribution in [0.2, 0.25) is 0 Å². The van der Waals surface area contributed by atoms with E-state index < -0.39 is 0 Å². The molecule has 0 radical (unpaired) electrons. The van der Waals surface area contributed by atoms with Gasteiger partial charge in [-0.15, -0.1) is 0 Å². The Hall–Kier alpha value is -2.95. The van der Waals surface area contributed by atoms with Gasteiger partial charge in [0.25, 0.3) is 0 Å². The van der Waals surface area contributed by atoms with Crippen molar-refractivity contribution in [3.63, 3.8) is 0 Å². The monoisotopic (exact) mass is 303 g/mol. The molecule has 0 amide bonds. The van der Waals surface area contributed by atoms with Crippen molar-refractivity contribution in [1.29, 1.82) is 0 Å². The van der Waals surface area contributed by atoms with Crippen molar-refractivity contribution in [3.05, 3.63) is 48.3 Å². The lowest BCUT2D eigenvalue weighted by Gasteiger charge is -2.11. The molecule has 0 atom stereocenters. The van der Waals surface area contributed by atoms with Crippen LogP contribution in [-0.2, 0) is 7.05 Å². The zero-order valence-electron chi connectivity index (χ0n) is 13.3. The zero-order chi connectivity index (χ0) is 16.0. The van der Waals surface area contributed by atoms with Crippen molar-refractivity contribution in [1.82, 2.24) is 19.7 Å². The lowest BCUT2D eigenvalue weighted by atomic mass is 9.97. The van der Waals surface area contributed by atoms with Crippen molar-refractivity contribution in [2.24, 2.45) is 7.05 Å². The molecular formula is C18H17N5. The summed E-state index contributed by atoms with van der Waals surface area (Å²) < 4.78 is 1.93. The van der Waals surface area contributed by atoms with Crippen LogP contribution >= 0.6 is 0 Å². The minimum absolute atomic E-state index is 0.634. The summed E-state index contributed by atoms with van der Waals surface area (Å²) in [6.07, 6.45) is 3.76. The first kappa shape index (κ1) is 13.7. The normalized spacial score (nSPS) is 11.3. The highest BCUT2D eigenvalue weighted by Gasteiger charge is 2.12. The summed E-state index contributed by atoms with van der Waals surface area (Å²) in [5.74, 6) is 0.634. The number of hydrogen-bond acceptors (Lipinski definition) is 4. The quantitative estimate of drug-likeness (QED) is 0.615. The summed E-state index contributed by atoms with van der Waals surface area (Å²) in [7, 11) is 3.80. The molecule has 23 heavy (non-hydrogen) atoms. The smallest absolute Gasteiger partial charge is 0.222 e. The standard InChI is InChI=1S/C18H17N5/c1-11-4-5-13-10-21-23(3)17(13)16(11)12-6-7-15-14(8-12)9-20-18(19-2)22-15/h4-10H,1-3H3,(H,19,20,22). The highest BCUT2D eigenvalue weighted by Crippen LogP contribution is 2.33. The van der Waals surface area contributed by atoms with Crippen LogP contribution in [0.5, 0.6) is 0 Å². The first-order valence-electron chi connectivity index (χ1n) is 7.53. The van der Waals surface area contributed by atoms with Crippen molar-refractivity contribution in [2.45, 2.75) is 6.92 Å². The lowest BCUT2D eigenvalue weighted by molar-refractivity contribution is 0.797. The van der Waals surface area contributed by atoms with Crippen LogP contribution in [0.15, 0.2) is 42.7 Å². The van der Waals surface area contributed by atoms with Gasteiger partial charge in [-0.1, -0.05) is 18.2 Å². The van der Waals surface area contributed by atoms with Crippen LogP contribution in [0.3, 0.4) is 0 Å². The fraction of sp³-hybridized carbons (Fsp3) is 0.167. The van der Waals surface area contributed by atoms with Gasteiger partial charge >= 0.3 is 0 Å². The molecule has 0 saturated heterocycles. The number of nitrogens with one attached hydrogen (secondary N) is 1. The first-order chi connectivity index (χ1) is 11.2. The summed E-state index contributed by atoms with van der Waals surface area (Å²) in [4.78, 5) is 8.79. The number of aryl methyl sites for hydroxylation is 2. The maximum absolute atomic E-state index is 4.48. The van der Waals surface area contributed by atoms with Gasteiger partial charge in [-0.05, 0) is 30.2 Å². The Morgan fingerprint density at radius 3 is 2.74 bits per heavy atom. The second kappa shape index (κ2) is 5.05. The largest absolute Gasteiger partial charge is 0.357 e. The summed E-state index contributed by atoms with van der Waals surface area (Å²) in [5, 5.41) is 9.54. The number of aromatic nitrogens is 4. The first-order valence-corrected chi connectivity index (χ1v) is 7.53. The van der Waals surface area contributed by atoms with Gasteiger partial charge in [-0.2, -0.15) is 5.10 Å². The predicted molar refractivity (Wildman–Crippen MR) is 93.5 cm³/mol. The summed E-state index contributed by atoms with van der Waals surface area (Å²) in [6.45, 7) is 2.13. The van der Waals surface area contributed by atoms with E-state index in [1.807, 2.05) is 37.2 Å². The fourth-order valence-corrected chi connectivity index (χ4v) is 3.04. The maximum Gasteiger partial charge on any atom is 0.222 e. The minimum Gasteiger partial charge on any atom is -0.357 e. The van der Waals surface area contributed by atoms with Gasteiger partial charge in [0.1, 0.15) is 0 Å². The SMILES string of the molecule is CNc1ncc2cc(-c3c(C)ccc4cnn(C)c34)ccc2n1. The second-order valence-electron chi connectivity index (χ2n) is 5.68. The Bertz CT molecular complexity index is 1030. The molecule has 0 aliphatic rings. The van der Waals surface area contributed by atoms with Gasteiger partial charge in [-0.3, -0.25) is 4.68 Å². The molecule has 0 aliphatic carbocycles. The highest BCUT2D eigenvalue weighted by atomic mass is 15.2. The highest BCUT2D eigenvalue weighted by molar-refractivity contribution is 5.97. The summed E-state index contributed by atoms with van der Waals surface area (Å²) in [5.41, 5.74) is 5.68. The molecule has 0 saturated carbocycles. The molecule has 0 aliphatic heterocycles. The van der Waals surface area contributed by atoms with E-state index in [0.717, 1.165) is 27.4 Å². The van der Waals surface area contributed by atoms with E-state index >= 15 is 0 Å². The predicted octanol–water partition coefficient (Wildman–Crippen LogP) is 3.53. The number of nitrogens with zero attached hydrogens (tertiary/aromatic N) is 4. The number of rotatable bonds is 2. The van der Waals surface area contributed by atoms with E-state index in [1.165, 1.54) is 11.1 Å². The molecule has 4 aromatic rings. The Morgan fingerprint density at radius 1 is 1.04 bits per heavy atom. The van der Waals surface area contributed by atoms with Crippen molar-refractivity contribution >= 4 is 27.8 Å². The third-order valence-corrected chi connectivity index (χ3v) is 4.20. The molecule has 2 aromatic carbocycles. The number of anilines is 1. The molecular weight excluding hydrogens is 286 g/mol. The summed E-state index contributed by atoms with van der Waals surface area (Å²) >= 11 is 0. The lowest BCUT2D eigenvalue weighted by Crippen LogP contribution is -1.96. The van der Waals surface area contributed by atoms with Crippen LogP contribution in [0.25, 0.3) is 32.9 Å². The summed E-state index contributed by atoms with van der Waals surface area (Å²) in [6, 6.07) is 10.6. The van der Waals surface area contributed by atoms with Crippen molar-refractivity contribution in [3.8, 4) is 11.1 Å². The third kappa shape index (κ3) is 2.12. The Balaban J connectivity index is 1.99. The molecule has 4 rings (SSSR count). The Morgan fingerprint density at radius 2 is 1.91 bits per heavy atom. The molecule has 0 bridgehead atoms. The van der Waals surface area contributed by atoms with Gasteiger partial charge in [0.05, 0.1) is 17.2 Å². The molecule has 0 fully saturated rings. The molecule has 0 unspecified atom stereocenters. The Labute approximate surface area is 134 Å². The molecule has 5 nitrogen and oxygen atoms in total. The molecule has 1 N–H and O–H groups in total. The maximum atomic E-state index is 4.48. The van der Waals surface area contributed by atoms with E-state index in [4.69, 9.17) is 0 Å². The average molecular weight is 303 g/mol. The van der Waals surface area contributed by atoms with Crippen LogP contribution in [0, 0.1) is 6.92 Å². The van der Waals surface area contributed by atoms with E-state index in [9.17, 15) is 0 Å². The second-order valence-corrected chi connectivity index (χ2v) is 5.68. The topological polar surface area (TPSA) is 55.6 Å². The van der Waals surface area contributed by atoms with Crippen LogP contribution in [-0.4, -0.2) is 26.8 Å². The number of benzene rings is 2. The number of hydrogen-bond donors (Lipinski definition) is 1. The van der Waals surface area contributed by atoms with Gasteiger partial charge in [0, 0.05) is 36.6 Å². The zero-order valence-corrected chi connectivity index (χ0v) is 13.3. The third-order valence-electron chi connectivity index (χ3n) is 4.20. The van der Waals surface area contributed by atoms with Gasteiger partial charge in [0.15, 0.2) is 0 Å². The fourth-order valence-electron chi connectivity index (χ4n) is 3.04.